The molecule has 0 spiro atoms. The molecule has 1 aromatic rings. The molecule has 0 N–H and O–H groups in total. The fourth-order valence-electron chi connectivity index (χ4n) is 2.04. The molecule has 0 amide bonds. The Morgan fingerprint density at radius 1 is 1.29 bits per heavy atom. The van der Waals surface area contributed by atoms with Gasteiger partial charge in [-0.3, -0.25) is 4.90 Å². The second-order valence-corrected chi connectivity index (χ2v) is 6.41. The lowest BCUT2D eigenvalue weighted by Gasteiger charge is -2.31. The number of piperidine rings is 1. The molecule has 1 saturated heterocycles. The first-order valence-corrected chi connectivity index (χ1v) is 6.87. The molecule has 1 aliphatic rings. The summed E-state index contributed by atoms with van der Waals surface area (Å²) in [5.41, 5.74) is 0. The second kappa shape index (κ2) is 4.77. The van der Waals surface area contributed by atoms with E-state index in [1.54, 1.807) is 0 Å². The van der Waals surface area contributed by atoms with Gasteiger partial charge < -0.3 is 0 Å². The third-order valence-electron chi connectivity index (χ3n) is 2.94. The van der Waals surface area contributed by atoms with E-state index in [9.17, 15) is 0 Å². The van der Waals surface area contributed by atoms with Crippen LogP contribution in [0.2, 0.25) is 0 Å². The van der Waals surface area contributed by atoms with Crippen molar-refractivity contribution in [3.63, 3.8) is 0 Å². The monoisotopic (exact) mass is 273 g/mol. The van der Waals surface area contributed by atoms with Crippen LogP contribution < -0.4 is 0 Å². The minimum atomic E-state index is 0.603. The van der Waals surface area contributed by atoms with E-state index in [0.29, 0.717) is 6.04 Å². The third kappa shape index (κ3) is 2.38. The number of hydrogen-bond acceptors (Lipinski definition) is 2. The van der Waals surface area contributed by atoms with Crippen molar-refractivity contribution in [3.05, 3.63) is 20.8 Å². The molecule has 1 fully saturated rings. The van der Waals surface area contributed by atoms with Gasteiger partial charge in [0.2, 0.25) is 0 Å². The van der Waals surface area contributed by atoms with Gasteiger partial charge in [-0.15, -0.1) is 11.3 Å². The summed E-state index contributed by atoms with van der Waals surface area (Å²) in [6, 6.07) is 5.00. The van der Waals surface area contributed by atoms with E-state index >= 15 is 0 Å². The highest BCUT2D eigenvalue weighted by molar-refractivity contribution is 9.11. The molecule has 0 bridgehead atoms. The van der Waals surface area contributed by atoms with Crippen molar-refractivity contribution in [2.75, 3.05) is 13.1 Å². The SMILES string of the molecule is CC(c1ccc(Br)s1)N1CCCCC1. The van der Waals surface area contributed by atoms with Crippen molar-refractivity contribution in [1.82, 2.24) is 4.90 Å². The van der Waals surface area contributed by atoms with Crippen LogP contribution in [-0.4, -0.2) is 18.0 Å². The van der Waals surface area contributed by atoms with Gasteiger partial charge in [-0.25, -0.2) is 0 Å². The Hall–Kier alpha value is 0.140. The van der Waals surface area contributed by atoms with E-state index < -0.39 is 0 Å². The average Bonchev–Trinajstić information content (AvgIpc) is 2.65. The molecule has 0 aliphatic carbocycles. The largest absolute Gasteiger partial charge is 0.296 e. The summed E-state index contributed by atoms with van der Waals surface area (Å²) in [4.78, 5) is 4.08. The van der Waals surface area contributed by atoms with Crippen molar-refractivity contribution < 1.29 is 0 Å². The number of hydrogen-bond donors (Lipinski definition) is 0. The van der Waals surface area contributed by atoms with E-state index in [0.717, 1.165) is 0 Å². The smallest absolute Gasteiger partial charge is 0.0701 e. The quantitative estimate of drug-likeness (QED) is 0.786. The number of halogens is 1. The van der Waals surface area contributed by atoms with E-state index in [2.05, 4.69) is 39.9 Å². The van der Waals surface area contributed by atoms with Gasteiger partial charge in [0.1, 0.15) is 0 Å². The fourth-order valence-corrected chi connectivity index (χ4v) is 3.55. The van der Waals surface area contributed by atoms with Gasteiger partial charge in [0.05, 0.1) is 3.79 Å². The van der Waals surface area contributed by atoms with Crippen molar-refractivity contribution in [2.24, 2.45) is 0 Å². The first-order valence-electron chi connectivity index (χ1n) is 5.26. The zero-order chi connectivity index (χ0) is 9.97. The standard InChI is InChI=1S/C11H16BrNS/c1-9(10-5-6-11(12)14-10)13-7-3-2-4-8-13/h5-6,9H,2-4,7-8H2,1H3. The number of nitrogens with zero attached hydrogens (tertiary/aromatic N) is 1. The summed E-state index contributed by atoms with van der Waals surface area (Å²) < 4.78 is 1.25. The first-order chi connectivity index (χ1) is 6.77. The lowest BCUT2D eigenvalue weighted by Crippen LogP contribution is -2.31. The zero-order valence-electron chi connectivity index (χ0n) is 8.50. The number of likely N-dealkylation sites (tertiary alicyclic amines) is 1. The summed E-state index contributed by atoms with van der Waals surface area (Å²) in [6.07, 6.45) is 4.16. The van der Waals surface area contributed by atoms with Crippen molar-refractivity contribution in [1.29, 1.82) is 0 Å². The van der Waals surface area contributed by atoms with Gasteiger partial charge in [0.15, 0.2) is 0 Å². The second-order valence-electron chi connectivity index (χ2n) is 3.91. The normalized spacial score (nSPS) is 21.0. The summed E-state index contributed by atoms with van der Waals surface area (Å²) in [6.45, 7) is 4.87. The predicted octanol–water partition coefficient (Wildman–Crippen LogP) is 4.06. The van der Waals surface area contributed by atoms with E-state index in [1.165, 1.54) is 41.0 Å². The van der Waals surface area contributed by atoms with Gasteiger partial charge in [-0.05, 0) is 60.9 Å². The van der Waals surface area contributed by atoms with E-state index in [4.69, 9.17) is 0 Å². The summed E-state index contributed by atoms with van der Waals surface area (Å²) in [5, 5.41) is 0. The Kier molecular flexibility index (Phi) is 3.63. The molecular formula is C11H16BrNS. The Morgan fingerprint density at radius 2 is 2.00 bits per heavy atom. The van der Waals surface area contributed by atoms with Crippen LogP contribution in [0.25, 0.3) is 0 Å². The molecule has 2 rings (SSSR count). The molecule has 0 radical (unpaired) electrons. The molecule has 0 saturated carbocycles. The Morgan fingerprint density at radius 3 is 2.57 bits per heavy atom. The van der Waals surface area contributed by atoms with Crippen LogP contribution >= 0.6 is 27.3 Å². The maximum atomic E-state index is 3.52. The molecule has 3 heteroatoms. The van der Waals surface area contributed by atoms with E-state index in [1.807, 2.05) is 11.3 Å². The number of rotatable bonds is 2. The van der Waals surface area contributed by atoms with Crippen LogP contribution in [0.1, 0.15) is 37.1 Å². The maximum Gasteiger partial charge on any atom is 0.0701 e. The van der Waals surface area contributed by atoms with Gasteiger partial charge in [0, 0.05) is 10.9 Å². The minimum Gasteiger partial charge on any atom is -0.296 e. The van der Waals surface area contributed by atoms with Crippen LogP contribution in [0.3, 0.4) is 0 Å². The van der Waals surface area contributed by atoms with E-state index in [-0.39, 0.29) is 0 Å². The minimum absolute atomic E-state index is 0.603. The lowest BCUT2D eigenvalue weighted by molar-refractivity contribution is 0.177. The van der Waals surface area contributed by atoms with Crippen LogP contribution in [0.4, 0.5) is 0 Å². The van der Waals surface area contributed by atoms with Crippen LogP contribution in [-0.2, 0) is 0 Å². The van der Waals surface area contributed by atoms with Gasteiger partial charge in [0.25, 0.3) is 0 Å². The summed E-state index contributed by atoms with van der Waals surface area (Å²) in [7, 11) is 0. The first kappa shape index (κ1) is 10.7. The Balaban J connectivity index is 2.03. The molecule has 2 heterocycles. The Labute approximate surface area is 98.2 Å². The fraction of sp³-hybridized carbons (Fsp3) is 0.636. The third-order valence-corrected chi connectivity index (χ3v) is 4.74. The van der Waals surface area contributed by atoms with Gasteiger partial charge in [-0.1, -0.05) is 6.42 Å². The molecule has 1 aromatic heterocycles. The molecule has 14 heavy (non-hydrogen) atoms. The van der Waals surface area contributed by atoms with Crippen LogP contribution in [0.5, 0.6) is 0 Å². The predicted molar refractivity (Wildman–Crippen MR) is 65.9 cm³/mol. The summed E-state index contributed by atoms with van der Waals surface area (Å²) in [5.74, 6) is 0. The highest BCUT2D eigenvalue weighted by atomic mass is 79.9. The molecule has 78 valence electrons. The lowest BCUT2D eigenvalue weighted by atomic mass is 10.1. The average molecular weight is 274 g/mol. The molecule has 1 nitrogen and oxygen atoms in total. The maximum absolute atomic E-state index is 3.52. The summed E-state index contributed by atoms with van der Waals surface area (Å²) >= 11 is 5.39. The van der Waals surface area contributed by atoms with Crippen LogP contribution in [0, 0.1) is 0 Å². The molecular weight excluding hydrogens is 258 g/mol. The van der Waals surface area contributed by atoms with Gasteiger partial charge in [-0.2, -0.15) is 0 Å². The molecule has 1 atom stereocenters. The van der Waals surface area contributed by atoms with Crippen molar-refractivity contribution >= 4 is 27.3 Å². The molecule has 1 unspecified atom stereocenters. The topological polar surface area (TPSA) is 3.24 Å². The zero-order valence-corrected chi connectivity index (χ0v) is 10.9. The highest BCUT2D eigenvalue weighted by Crippen LogP contribution is 2.31. The van der Waals surface area contributed by atoms with Crippen molar-refractivity contribution in [2.45, 2.75) is 32.2 Å². The number of thiophene rings is 1. The highest BCUT2D eigenvalue weighted by Gasteiger charge is 2.18. The Bertz CT molecular complexity index is 291. The van der Waals surface area contributed by atoms with Crippen molar-refractivity contribution in [3.8, 4) is 0 Å². The van der Waals surface area contributed by atoms with Crippen LogP contribution in [0.15, 0.2) is 15.9 Å². The molecule has 1 aliphatic heterocycles. The molecule has 0 aromatic carbocycles. The van der Waals surface area contributed by atoms with Gasteiger partial charge >= 0.3 is 0 Å².